The van der Waals surface area contributed by atoms with E-state index in [0.29, 0.717) is 15.9 Å². The van der Waals surface area contributed by atoms with Crippen molar-refractivity contribution in [3.63, 3.8) is 0 Å². The highest BCUT2D eigenvalue weighted by Crippen LogP contribution is 2.27. The van der Waals surface area contributed by atoms with Crippen molar-refractivity contribution in [2.24, 2.45) is 7.05 Å². The monoisotopic (exact) mass is 273 g/mol. The fourth-order valence-corrected chi connectivity index (χ4v) is 1.65. The number of aryl methyl sites for hydroxylation is 1. The van der Waals surface area contributed by atoms with Gasteiger partial charge in [-0.05, 0) is 28.1 Å². The maximum absolute atomic E-state index is 13.0. The molecule has 0 fully saturated rings. The molecule has 6 heteroatoms. The lowest BCUT2D eigenvalue weighted by atomic mass is 10.2. The van der Waals surface area contributed by atoms with Gasteiger partial charge < -0.3 is 0 Å². The largest absolute Gasteiger partial charge is 0.255 e. The Kier molecular flexibility index (Phi) is 2.52. The smallest absolute Gasteiger partial charge is 0.182 e. The summed E-state index contributed by atoms with van der Waals surface area (Å²) in [7, 11) is 1.70. The van der Waals surface area contributed by atoms with Crippen LogP contribution in [0.3, 0.4) is 0 Å². The van der Waals surface area contributed by atoms with Crippen LogP contribution in [0, 0.1) is 11.6 Å². The summed E-state index contributed by atoms with van der Waals surface area (Å²) in [5.74, 6) is -1.47. The first-order chi connectivity index (χ1) is 7.08. The highest BCUT2D eigenvalue weighted by Gasteiger charge is 2.12. The van der Waals surface area contributed by atoms with Gasteiger partial charge in [0.15, 0.2) is 17.5 Å². The van der Waals surface area contributed by atoms with Crippen LogP contribution >= 0.6 is 15.9 Å². The summed E-state index contributed by atoms with van der Waals surface area (Å²) in [5.41, 5.74) is 0.425. The van der Waals surface area contributed by atoms with Gasteiger partial charge >= 0.3 is 0 Å². The molecule has 0 N–H and O–H groups in total. The van der Waals surface area contributed by atoms with Crippen LogP contribution in [0.4, 0.5) is 8.78 Å². The van der Waals surface area contributed by atoms with Crippen molar-refractivity contribution in [2.75, 3.05) is 0 Å². The third-order valence-electron chi connectivity index (χ3n) is 1.85. The molecule has 0 saturated heterocycles. The first-order valence-corrected chi connectivity index (χ1v) is 4.88. The average Bonchev–Trinajstić information content (AvgIpc) is 2.58. The normalized spacial score (nSPS) is 10.7. The van der Waals surface area contributed by atoms with Gasteiger partial charge in [-0.3, -0.25) is 4.68 Å². The second-order valence-corrected chi connectivity index (χ2v) is 3.84. The van der Waals surface area contributed by atoms with E-state index < -0.39 is 11.6 Å². The quantitative estimate of drug-likeness (QED) is 0.748. The van der Waals surface area contributed by atoms with Crippen molar-refractivity contribution >= 4 is 15.9 Å². The molecule has 0 amide bonds. The molecule has 78 valence electrons. The highest BCUT2D eigenvalue weighted by atomic mass is 79.9. The van der Waals surface area contributed by atoms with E-state index in [9.17, 15) is 8.78 Å². The maximum Gasteiger partial charge on any atom is 0.182 e. The van der Waals surface area contributed by atoms with E-state index in [4.69, 9.17) is 0 Å². The lowest BCUT2D eigenvalue weighted by Gasteiger charge is -2.00. The van der Waals surface area contributed by atoms with Gasteiger partial charge in [0.05, 0.1) is 0 Å². The average molecular weight is 274 g/mol. The van der Waals surface area contributed by atoms with Gasteiger partial charge in [-0.15, -0.1) is 0 Å². The fourth-order valence-electron chi connectivity index (χ4n) is 1.16. The third kappa shape index (κ3) is 1.90. The molecule has 0 aliphatic carbocycles. The molecular formula is C9H6BrF2N3. The minimum atomic E-state index is -0.916. The molecular weight excluding hydrogens is 268 g/mol. The fraction of sp³-hybridized carbons (Fsp3) is 0.111. The summed E-state index contributed by atoms with van der Waals surface area (Å²) in [5, 5.41) is 4.00. The summed E-state index contributed by atoms with van der Waals surface area (Å²) < 4.78 is 27.7. The summed E-state index contributed by atoms with van der Waals surface area (Å²) >= 11 is 3.13. The molecule has 3 nitrogen and oxygen atoms in total. The Balaban J connectivity index is 2.58. The zero-order chi connectivity index (χ0) is 11.0. The van der Waals surface area contributed by atoms with Gasteiger partial charge in [0, 0.05) is 17.1 Å². The Morgan fingerprint density at radius 2 is 1.93 bits per heavy atom. The summed E-state index contributed by atoms with van der Waals surface area (Å²) in [6.45, 7) is 0. The van der Waals surface area contributed by atoms with E-state index in [1.165, 1.54) is 11.0 Å². The summed E-state index contributed by atoms with van der Waals surface area (Å²) in [4.78, 5) is 3.95. The second kappa shape index (κ2) is 3.69. The zero-order valence-corrected chi connectivity index (χ0v) is 9.29. The topological polar surface area (TPSA) is 30.7 Å². The molecule has 2 rings (SSSR count). The highest BCUT2D eigenvalue weighted by molar-refractivity contribution is 9.10. The number of halogens is 3. The van der Waals surface area contributed by atoms with Crippen LogP contribution in [0.2, 0.25) is 0 Å². The molecule has 0 spiro atoms. The maximum atomic E-state index is 13.0. The Morgan fingerprint density at radius 3 is 2.53 bits per heavy atom. The number of aromatic nitrogens is 3. The molecule has 0 unspecified atom stereocenters. The second-order valence-electron chi connectivity index (χ2n) is 2.99. The SMILES string of the molecule is Cn1cnc(-c2cc(F)c(F)cc2Br)n1. The van der Waals surface area contributed by atoms with Gasteiger partial charge in [-0.2, -0.15) is 5.10 Å². The van der Waals surface area contributed by atoms with Crippen LogP contribution < -0.4 is 0 Å². The van der Waals surface area contributed by atoms with Crippen molar-refractivity contribution in [2.45, 2.75) is 0 Å². The predicted molar refractivity (Wildman–Crippen MR) is 54.1 cm³/mol. The van der Waals surface area contributed by atoms with Crippen molar-refractivity contribution < 1.29 is 8.78 Å². The van der Waals surface area contributed by atoms with E-state index in [2.05, 4.69) is 26.0 Å². The van der Waals surface area contributed by atoms with Crippen LogP contribution in [0.15, 0.2) is 22.9 Å². The molecule has 0 aliphatic heterocycles. The lowest BCUT2D eigenvalue weighted by molar-refractivity contribution is 0.508. The number of hydrogen-bond acceptors (Lipinski definition) is 2. The minimum absolute atomic E-state index is 0.350. The van der Waals surface area contributed by atoms with Crippen molar-refractivity contribution in [1.29, 1.82) is 0 Å². The summed E-state index contributed by atoms with van der Waals surface area (Å²) in [6.07, 6.45) is 1.49. The molecule has 0 aliphatic rings. The van der Waals surface area contributed by atoms with E-state index >= 15 is 0 Å². The first-order valence-electron chi connectivity index (χ1n) is 4.08. The molecule has 1 aromatic carbocycles. The molecule has 1 aromatic heterocycles. The van der Waals surface area contributed by atoms with Crippen LogP contribution in [0.25, 0.3) is 11.4 Å². The van der Waals surface area contributed by atoms with Crippen molar-refractivity contribution in [1.82, 2.24) is 14.8 Å². The summed E-state index contributed by atoms with van der Waals surface area (Å²) in [6, 6.07) is 2.12. The van der Waals surface area contributed by atoms with Gasteiger partial charge in [-0.1, -0.05) is 0 Å². The molecule has 1 heterocycles. The van der Waals surface area contributed by atoms with Crippen molar-refractivity contribution in [3.8, 4) is 11.4 Å². The van der Waals surface area contributed by atoms with Gasteiger partial charge in [0.1, 0.15) is 6.33 Å². The molecule has 0 saturated carbocycles. The Morgan fingerprint density at radius 1 is 1.27 bits per heavy atom. The Hall–Kier alpha value is -1.30. The van der Waals surface area contributed by atoms with Gasteiger partial charge in [0.25, 0.3) is 0 Å². The van der Waals surface area contributed by atoms with E-state index in [1.807, 2.05) is 0 Å². The van der Waals surface area contributed by atoms with E-state index in [0.717, 1.165) is 12.1 Å². The van der Waals surface area contributed by atoms with Crippen LogP contribution in [0.5, 0.6) is 0 Å². The first kappa shape index (κ1) is 10.2. The van der Waals surface area contributed by atoms with E-state index in [-0.39, 0.29) is 0 Å². The van der Waals surface area contributed by atoms with Gasteiger partial charge in [-0.25, -0.2) is 13.8 Å². The molecule has 0 atom stereocenters. The van der Waals surface area contributed by atoms with E-state index in [1.54, 1.807) is 7.05 Å². The molecule has 0 radical (unpaired) electrons. The Labute approximate surface area is 92.9 Å². The number of rotatable bonds is 1. The zero-order valence-electron chi connectivity index (χ0n) is 7.71. The van der Waals surface area contributed by atoms with Crippen LogP contribution in [-0.2, 0) is 7.05 Å². The van der Waals surface area contributed by atoms with Crippen LogP contribution in [-0.4, -0.2) is 14.8 Å². The molecule has 2 aromatic rings. The predicted octanol–water partition coefficient (Wildman–Crippen LogP) is 2.52. The third-order valence-corrected chi connectivity index (χ3v) is 2.51. The number of benzene rings is 1. The Bertz CT molecular complexity index is 510. The molecule has 0 bridgehead atoms. The number of nitrogens with zero attached hydrogens (tertiary/aromatic N) is 3. The molecule has 15 heavy (non-hydrogen) atoms. The van der Waals surface area contributed by atoms with Gasteiger partial charge in [0.2, 0.25) is 0 Å². The lowest BCUT2D eigenvalue weighted by Crippen LogP contribution is -1.91. The minimum Gasteiger partial charge on any atom is -0.255 e. The number of hydrogen-bond donors (Lipinski definition) is 0. The van der Waals surface area contributed by atoms with Crippen molar-refractivity contribution in [3.05, 3.63) is 34.6 Å². The van der Waals surface area contributed by atoms with Crippen LogP contribution in [0.1, 0.15) is 0 Å². The standard InChI is InChI=1S/C9H6BrF2N3/c1-15-4-13-9(14-15)5-2-7(11)8(12)3-6(5)10/h2-4H,1H3.